The maximum Gasteiger partial charge on any atom is 0.418 e. The van der Waals surface area contributed by atoms with Crippen molar-refractivity contribution in [3.8, 4) is 17.0 Å². The zero-order valence-corrected chi connectivity index (χ0v) is 12.7. The summed E-state index contributed by atoms with van der Waals surface area (Å²) in [6.45, 7) is 0. The number of halogens is 3. The number of nitrogens with two attached hydrogens (primary N) is 1. The van der Waals surface area contributed by atoms with Crippen LogP contribution in [0.25, 0.3) is 17.0 Å². The van der Waals surface area contributed by atoms with Gasteiger partial charge in [0.15, 0.2) is 0 Å². The van der Waals surface area contributed by atoms with Crippen LogP contribution in [0.15, 0.2) is 58.3 Å². The van der Waals surface area contributed by atoms with Crippen molar-refractivity contribution in [3.63, 3.8) is 0 Å². The highest BCUT2D eigenvalue weighted by Crippen LogP contribution is 2.39. The summed E-state index contributed by atoms with van der Waals surface area (Å²) < 4.78 is 70.2. The third-order valence-electron chi connectivity index (χ3n) is 3.23. The number of primary sulfonamides is 1. The first-order valence-electron chi connectivity index (χ1n) is 6.50. The molecule has 2 aromatic heterocycles. The molecule has 0 unspecified atom stereocenters. The SMILES string of the molecule is NS(=O)(=O)c1cc(-c2ccco2)cc(C(F)(F)F)c1-n1cccn1. The molecule has 3 rings (SSSR count). The van der Waals surface area contributed by atoms with Gasteiger partial charge in [-0.05, 0) is 30.3 Å². The summed E-state index contributed by atoms with van der Waals surface area (Å²) in [5.74, 6) is 0.0809. The Morgan fingerprint density at radius 1 is 1.21 bits per heavy atom. The van der Waals surface area contributed by atoms with Crippen LogP contribution in [-0.2, 0) is 16.2 Å². The molecule has 2 heterocycles. The van der Waals surface area contributed by atoms with Crippen LogP contribution in [0.2, 0.25) is 0 Å². The van der Waals surface area contributed by atoms with E-state index in [2.05, 4.69) is 5.10 Å². The Hall–Kier alpha value is -2.59. The number of aromatic nitrogens is 2. The van der Waals surface area contributed by atoms with E-state index in [9.17, 15) is 21.6 Å². The Labute approximate surface area is 134 Å². The van der Waals surface area contributed by atoms with Gasteiger partial charge in [-0.25, -0.2) is 18.2 Å². The predicted molar refractivity (Wildman–Crippen MR) is 77.6 cm³/mol. The number of alkyl halides is 3. The van der Waals surface area contributed by atoms with E-state index in [-0.39, 0.29) is 11.3 Å². The zero-order chi connectivity index (χ0) is 17.5. The first kappa shape index (κ1) is 16.3. The van der Waals surface area contributed by atoms with Crippen molar-refractivity contribution in [3.05, 3.63) is 54.6 Å². The van der Waals surface area contributed by atoms with Gasteiger partial charge < -0.3 is 4.42 Å². The molecular formula is C14H10F3N3O3S. The summed E-state index contributed by atoms with van der Waals surface area (Å²) in [5, 5.41) is 8.83. The predicted octanol–water partition coefficient (Wildman–Crippen LogP) is 2.80. The molecular weight excluding hydrogens is 347 g/mol. The van der Waals surface area contributed by atoms with Crippen LogP contribution < -0.4 is 5.14 Å². The fraction of sp³-hybridized carbons (Fsp3) is 0.0714. The third-order valence-corrected chi connectivity index (χ3v) is 4.15. The van der Waals surface area contributed by atoms with Gasteiger partial charge in [0.2, 0.25) is 10.0 Å². The van der Waals surface area contributed by atoms with Gasteiger partial charge in [-0.1, -0.05) is 0 Å². The smallest absolute Gasteiger partial charge is 0.418 e. The third kappa shape index (κ3) is 2.93. The fourth-order valence-corrected chi connectivity index (χ4v) is 3.03. The molecule has 3 aromatic rings. The number of benzene rings is 1. The largest absolute Gasteiger partial charge is 0.464 e. The van der Waals surface area contributed by atoms with E-state index in [1.54, 1.807) is 0 Å². The van der Waals surface area contributed by atoms with Gasteiger partial charge in [-0.3, -0.25) is 0 Å². The maximum absolute atomic E-state index is 13.5. The zero-order valence-electron chi connectivity index (χ0n) is 11.9. The lowest BCUT2D eigenvalue weighted by Crippen LogP contribution is -2.20. The highest BCUT2D eigenvalue weighted by molar-refractivity contribution is 7.89. The normalized spacial score (nSPS) is 12.5. The van der Waals surface area contributed by atoms with Crippen molar-refractivity contribution in [1.29, 1.82) is 0 Å². The van der Waals surface area contributed by atoms with Crippen molar-refractivity contribution in [2.24, 2.45) is 5.14 Å². The van der Waals surface area contributed by atoms with Crippen molar-refractivity contribution in [2.45, 2.75) is 11.1 Å². The molecule has 0 aliphatic heterocycles. The van der Waals surface area contributed by atoms with Gasteiger partial charge >= 0.3 is 6.18 Å². The van der Waals surface area contributed by atoms with Crippen LogP contribution in [0.1, 0.15) is 5.56 Å². The molecule has 6 nitrogen and oxygen atoms in total. The summed E-state index contributed by atoms with van der Waals surface area (Å²) in [6, 6.07) is 6.08. The van der Waals surface area contributed by atoms with Crippen molar-refractivity contribution in [2.75, 3.05) is 0 Å². The van der Waals surface area contributed by atoms with E-state index in [1.165, 1.54) is 36.9 Å². The first-order chi connectivity index (χ1) is 11.2. The van der Waals surface area contributed by atoms with E-state index in [0.29, 0.717) is 0 Å². The molecule has 0 saturated heterocycles. The Bertz CT molecular complexity index is 963. The topological polar surface area (TPSA) is 91.1 Å². The number of rotatable bonds is 3. The second-order valence-corrected chi connectivity index (χ2v) is 6.37. The molecule has 10 heteroatoms. The van der Waals surface area contributed by atoms with E-state index < -0.39 is 32.3 Å². The molecule has 0 fully saturated rings. The quantitative estimate of drug-likeness (QED) is 0.780. The number of hydrogen-bond donors (Lipinski definition) is 1. The Morgan fingerprint density at radius 2 is 1.96 bits per heavy atom. The number of nitrogens with zero attached hydrogens (tertiary/aromatic N) is 2. The van der Waals surface area contributed by atoms with Gasteiger partial charge in [0.05, 0.1) is 17.5 Å². The monoisotopic (exact) mass is 357 g/mol. The molecule has 0 radical (unpaired) electrons. The van der Waals surface area contributed by atoms with Crippen LogP contribution in [0, 0.1) is 0 Å². The molecule has 0 saturated carbocycles. The Kier molecular flexibility index (Phi) is 3.73. The standard InChI is InChI=1S/C14H10F3N3O3S/c15-14(16,17)10-7-9(11-3-1-6-23-11)8-12(24(18,21)22)13(10)20-5-2-4-19-20/h1-8H,(H2,18,21,22). The molecule has 0 aliphatic rings. The van der Waals surface area contributed by atoms with Crippen LogP contribution in [0.4, 0.5) is 13.2 Å². The second-order valence-electron chi connectivity index (χ2n) is 4.84. The summed E-state index contributed by atoms with van der Waals surface area (Å²) >= 11 is 0. The molecule has 1 aromatic carbocycles. The Balaban J connectivity index is 2.43. The van der Waals surface area contributed by atoms with Gasteiger partial charge in [0.1, 0.15) is 10.7 Å². The van der Waals surface area contributed by atoms with E-state index in [1.807, 2.05) is 0 Å². The number of hydrogen-bond acceptors (Lipinski definition) is 4. The highest BCUT2D eigenvalue weighted by atomic mass is 32.2. The molecule has 0 amide bonds. The average molecular weight is 357 g/mol. The minimum atomic E-state index is -4.83. The summed E-state index contributed by atoms with van der Waals surface area (Å²) in [7, 11) is -4.46. The van der Waals surface area contributed by atoms with Gasteiger partial charge in [-0.2, -0.15) is 18.3 Å². The minimum Gasteiger partial charge on any atom is -0.464 e. The van der Waals surface area contributed by atoms with Crippen molar-refractivity contribution in [1.82, 2.24) is 9.78 Å². The van der Waals surface area contributed by atoms with Crippen LogP contribution in [0.5, 0.6) is 0 Å². The second kappa shape index (κ2) is 5.49. The minimum absolute atomic E-state index is 0.0627. The molecule has 126 valence electrons. The van der Waals surface area contributed by atoms with Crippen LogP contribution in [0.3, 0.4) is 0 Å². The maximum atomic E-state index is 13.5. The molecule has 2 N–H and O–H groups in total. The van der Waals surface area contributed by atoms with Crippen molar-refractivity contribution >= 4 is 10.0 Å². The molecule has 0 aliphatic carbocycles. The number of sulfonamides is 1. The Morgan fingerprint density at radius 3 is 2.46 bits per heavy atom. The van der Waals surface area contributed by atoms with E-state index >= 15 is 0 Å². The van der Waals surface area contributed by atoms with Gasteiger partial charge in [0.25, 0.3) is 0 Å². The lowest BCUT2D eigenvalue weighted by atomic mass is 10.1. The summed E-state index contributed by atoms with van der Waals surface area (Å²) in [4.78, 5) is -0.701. The number of furan rings is 1. The molecule has 24 heavy (non-hydrogen) atoms. The lowest BCUT2D eigenvalue weighted by Gasteiger charge is -2.17. The van der Waals surface area contributed by atoms with Crippen LogP contribution in [-0.4, -0.2) is 18.2 Å². The first-order valence-corrected chi connectivity index (χ1v) is 8.04. The average Bonchev–Trinajstić information content (AvgIpc) is 3.17. The molecule has 0 spiro atoms. The van der Waals surface area contributed by atoms with Gasteiger partial charge in [0, 0.05) is 18.0 Å². The molecule has 0 bridgehead atoms. The van der Waals surface area contributed by atoms with Gasteiger partial charge in [-0.15, -0.1) is 0 Å². The van der Waals surface area contributed by atoms with E-state index in [4.69, 9.17) is 9.56 Å². The van der Waals surface area contributed by atoms with E-state index in [0.717, 1.165) is 16.8 Å². The summed E-state index contributed by atoms with van der Waals surface area (Å²) in [5.41, 5.74) is -1.92. The summed E-state index contributed by atoms with van der Waals surface area (Å²) in [6.07, 6.45) is -1.14. The lowest BCUT2D eigenvalue weighted by molar-refractivity contribution is -0.137. The highest BCUT2D eigenvalue weighted by Gasteiger charge is 2.38. The molecule has 0 atom stereocenters. The van der Waals surface area contributed by atoms with Crippen LogP contribution >= 0.6 is 0 Å². The fourth-order valence-electron chi connectivity index (χ4n) is 2.26. The van der Waals surface area contributed by atoms with Crippen molar-refractivity contribution < 1.29 is 26.0 Å².